The lowest BCUT2D eigenvalue weighted by atomic mass is 10.1. The van der Waals surface area contributed by atoms with Crippen LogP contribution in [0.2, 0.25) is 0 Å². The number of anilines is 3. The molecule has 0 unspecified atom stereocenters. The number of amides is 1. The zero-order valence-corrected chi connectivity index (χ0v) is 13.8. The highest BCUT2D eigenvalue weighted by atomic mass is 16.5. The molecule has 6 heteroatoms. The minimum Gasteiger partial charge on any atom is -0.497 e. The Bertz CT molecular complexity index is 757. The Morgan fingerprint density at radius 2 is 1.83 bits per heavy atom. The number of rotatable bonds is 6. The van der Waals surface area contributed by atoms with E-state index in [1.54, 1.807) is 38.5 Å². The van der Waals surface area contributed by atoms with Crippen molar-refractivity contribution in [3.63, 3.8) is 0 Å². The normalized spacial score (nSPS) is 13.2. The highest BCUT2D eigenvalue weighted by molar-refractivity contribution is 6.01. The molecule has 3 rings (SSSR count). The molecule has 1 aliphatic carbocycles. The molecule has 1 saturated carbocycles. The summed E-state index contributed by atoms with van der Waals surface area (Å²) in [4.78, 5) is 12.5. The van der Waals surface area contributed by atoms with Crippen molar-refractivity contribution in [3.8, 4) is 11.5 Å². The van der Waals surface area contributed by atoms with E-state index >= 15 is 0 Å². The van der Waals surface area contributed by atoms with Crippen LogP contribution in [-0.2, 0) is 0 Å². The number of hydrogen-bond donors (Lipinski definition) is 3. The fourth-order valence-corrected chi connectivity index (χ4v) is 2.40. The number of hydrogen-bond acceptors (Lipinski definition) is 5. The van der Waals surface area contributed by atoms with Crippen LogP contribution in [0.5, 0.6) is 11.5 Å². The van der Waals surface area contributed by atoms with Gasteiger partial charge >= 0.3 is 0 Å². The first-order chi connectivity index (χ1) is 11.6. The number of carbonyl (C=O) groups excluding carboxylic acids is 1. The first-order valence-electron chi connectivity index (χ1n) is 7.80. The summed E-state index contributed by atoms with van der Waals surface area (Å²) >= 11 is 0. The van der Waals surface area contributed by atoms with E-state index in [1.165, 1.54) is 0 Å². The number of methoxy groups -OCH3 is 2. The average molecular weight is 327 g/mol. The van der Waals surface area contributed by atoms with Gasteiger partial charge in [0.25, 0.3) is 5.91 Å². The van der Waals surface area contributed by atoms with Crippen LogP contribution in [0.25, 0.3) is 0 Å². The molecule has 0 radical (unpaired) electrons. The number of nitrogens with two attached hydrogens (primary N) is 1. The fraction of sp³-hybridized carbons (Fsp3) is 0.278. The van der Waals surface area contributed by atoms with Gasteiger partial charge in [0.2, 0.25) is 0 Å². The molecule has 0 spiro atoms. The van der Waals surface area contributed by atoms with Crippen LogP contribution in [0.3, 0.4) is 0 Å². The van der Waals surface area contributed by atoms with Crippen molar-refractivity contribution in [2.24, 2.45) is 0 Å². The quantitative estimate of drug-likeness (QED) is 0.710. The van der Waals surface area contributed by atoms with E-state index in [4.69, 9.17) is 15.2 Å². The molecular weight excluding hydrogens is 306 g/mol. The second kappa shape index (κ2) is 6.70. The van der Waals surface area contributed by atoms with Gasteiger partial charge in [-0.25, -0.2) is 0 Å². The first kappa shape index (κ1) is 16.0. The van der Waals surface area contributed by atoms with Crippen molar-refractivity contribution >= 4 is 23.0 Å². The third-order valence-corrected chi connectivity index (χ3v) is 3.88. The molecule has 0 bridgehead atoms. The van der Waals surface area contributed by atoms with Gasteiger partial charge in [0.05, 0.1) is 31.2 Å². The van der Waals surface area contributed by atoms with E-state index < -0.39 is 0 Å². The van der Waals surface area contributed by atoms with Gasteiger partial charge in [-0.2, -0.15) is 0 Å². The van der Waals surface area contributed by atoms with Gasteiger partial charge in [0, 0.05) is 17.8 Å². The summed E-state index contributed by atoms with van der Waals surface area (Å²) in [5.74, 6) is 1.20. The van der Waals surface area contributed by atoms with Crippen molar-refractivity contribution in [1.29, 1.82) is 0 Å². The number of carbonyl (C=O) groups is 1. The van der Waals surface area contributed by atoms with Gasteiger partial charge in [-0.15, -0.1) is 0 Å². The summed E-state index contributed by atoms with van der Waals surface area (Å²) in [7, 11) is 3.19. The molecule has 1 fully saturated rings. The third-order valence-electron chi connectivity index (χ3n) is 3.88. The van der Waals surface area contributed by atoms with E-state index in [2.05, 4.69) is 10.6 Å². The van der Waals surface area contributed by atoms with Gasteiger partial charge in [0.15, 0.2) is 0 Å². The molecule has 0 heterocycles. The Balaban J connectivity index is 1.90. The molecule has 6 nitrogen and oxygen atoms in total. The summed E-state index contributed by atoms with van der Waals surface area (Å²) in [6, 6.07) is 11.0. The lowest BCUT2D eigenvalue weighted by Gasteiger charge is -2.16. The minimum atomic E-state index is -0.125. The molecule has 126 valence electrons. The highest BCUT2D eigenvalue weighted by Gasteiger charge is 2.25. The first-order valence-corrected chi connectivity index (χ1v) is 7.80. The van der Waals surface area contributed by atoms with Crippen LogP contribution in [0.1, 0.15) is 23.2 Å². The molecule has 0 atom stereocenters. The Morgan fingerprint density at radius 1 is 1.08 bits per heavy atom. The highest BCUT2D eigenvalue weighted by Crippen LogP contribution is 2.33. The molecular formula is C18H21N3O3. The van der Waals surface area contributed by atoms with Crippen molar-refractivity contribution in [2.45, 2.75) is 18.9 Å². The van der Waals surface area contributed by atoms with Crippen LogP contribution in [0.4, 0.5) is 17.1 Å². The summed E-state index contributed by atoms with van der Waals surface area (Å²) in [6.07, 6.45) is 2.06. The second-order valence-electron chi connectivity index (χ2n) is 5.74. The maximum absolute atomic E-state index is 12.5. The van der Waals surface area contributed by atoms with E-state index in [1.807, 2.05) is 12.1 Å². The molecule has 24 heavy (non-hydrogen) atoms. The molecule has 2 aromatic carbocycles. The zero-order valence-electron chi connectivity index (χ0n) is 13.8. The van der Waals surface area contributed by atoms with Gasteiger partial charge in [0.1, 0.15) is 11.5 Å². The predicted octanol–water partition coefficient (Wildman–Crippen LogP) is 2.92. The smallest absolute Gasteiger partial charge is 0.253 e. The topological polar surface area (TPSA) is 85.6 Å². The molecule has 0 aliphatic heterocycles. The maximum Gasteiger partial charge on any atom is 0.253 e. The minimum absolute atomic E-state index is 0.125. The lowest BCUT2D eigenvalue weighted by molar-refractivity contribution is 0.0952. The maximum atomic E-state index is 12.5. The van der Waals surface area contributed by atoms with Gasteiger partial charge in [-0.3, -0.25) is 4.79 Å². The Morgan fingerprint density at radius 3 is 2.50 bits per heavy atom. The van der Waals surface area contributed by atoms with Crippen molar-refractivity contribution in [2.75, 3.05) is 25.3 Å². The lowest BCUT2D eigenvalue weighted by Crippen LogP contribution is -2.26. The van der Waals surface area contributed by atoms with Crippen molar-refractivity contribution < 1.29 is 14.3 Å². The predicted molar refractivity (Wildman–Crippen MR) is 94.2 cm³/mol. The van der Waals surface area contributed by atoms with Gasteiger partial charge in [-0.05, 0) is 43.2 Å². The number of benzene rings is 2. The van der Waals surface area contributed by atoms with Crippen LogP contribution in [0, 0.1) is 0 Å². The van der Waals surface area contributed by atoms with E-state index in [0.29, 0.717) is 28.4 Å². The van der Waals surface area contributed by atoms with E-state index in [9.17, 15) is 4.79 Å². The van der Waals surface area contributed by atoms with Crippen LogP contribution in [0.15, 0.2) is 36.4 Å². The number of ether oxygens (including phenoxy) is 2. The van der Waals surface area contributed by atoms with Crippen LogP contribution >= 0.6 is 0 Å². The number of nitrogens with one attached hydrogen (secondary N) is 2. The fourth-order valence-electron chi connectivity index (χ4n) is 2.40. The standard InChI is InChI=1S/C18H21N3O3/c1-23-13-6-8-16(17(10-13)24-2)21-15-7-3-11(19)9-14(15)18(22)20-12-4-5-12/h3,6-10,12,21H,4-5,19H2,1-2H3,(H,20,22). The Labute approximate surface area is 141 Å². The van der Waals surface area contributed by atoms with Crippen LogP contribution < -0.4 is 25.8 Å². The summed E-state index contributed by atoms with van der Waals surface area (Å²) < 4.78 is 10.6. The van der Waals surface area contributed by atoms with Crippen molar-refractivity contribution in [3.05, 3.63) is 42.0 Å². The van der Waals surface area contributed by atoms with Gasteiger partial charge < -0.3 is 25.8 Å². The van der Waals surface area contributed by atoms with E-state index in [-0.39, 0.29) is 11.9 Å². The monoisotopic (exact) mass is 327 g/mol. The Hall–Kier alpha value is -2.89. The molecule has 2 aromatic rings. The summed E-state index contributed by atoms with van der Waals surface area (Å²) in [5.41, 5.74) is 8.32. The number of nitrogen functional groups attached to an aromatic ring is 1. The van der Waals surface area contributed by atoms with E-state index in [0.717, 1.165) is 18.5 Å². The largest absolute Gasteiger partial charge is 0.497 e. The zero-order chi connectivity index (χ0) is 17.1. The third kappa shape index (κ3) is 3.53. The van der Waals surface area contributed by atoms with Crippen molar-refractivity contribution in [1.82, 2.24) is 5.32 Å². The SMILES string of the molecule is COc1ccc(Nc2ccc(N)cc2C(=O)NC2CC2)c(OC)c1. The summed E-state index contributed by atoms with van der Waals surface area (Å²) in [6.45, 7) is 0. The molecule has 0 saturated heterocycles. The average Bonchev–Trinajstić information content (AvgIpc) is 3.40. The molecule has 0 aromatic heterocycles. The van der Waals surface area contributed by atoms with Crippen LogP contribution in [-0.4, -0.2) is 26.2 Å². The second-order valence-corrected chi connectivity index (χ2v) is 5.74. The van der Waals surface area contributed by atoms with Gasteiger partial charge in [-0.1, -0.05) is 0 Å². The Kier molecular flexibility index (Phi) is 4.46. The molecule has 4 N–H and O–H groups in total. The molecule has 1 amide bonds. The summed E-state index contributed by atoms with van der Waals surface area (Å²) in [5, 5.41) is 6.23. The molecule has 1 aliphatic rings.